The number of nitrogens with zero attached hydrogens (tertiary/aromatic N) is 2. The van der Waals surface area contributed by atoms with Gasteiger partial charge in [-0.05, 0) is 30.4 Å². The number of thioether (sulfide) groups is 1. The van der Waals surface area contributed by atoms with E-state index in [9.17, 15) is 0 Å². The van der Waals surface area contributed by atoms with Gasteiger partial charge in [0.1, 0.15) is 11.0 Å². The van der Waals surface area contributed by atoms with Crippen LogP contribution in [0, 0.1) is 0 Å². The molecule has 2 aromatic rings. The molecule has 1 N–H and O–H groups in total. The van der Waals surface area contributed by atoms with Crippen molar-refractivity contribution in [1.29, 1.82) is 0 Å². The number of aromatic nitrogens is 3. The van der Waals surface area contributed by atoms with Crippen LogP contribution in [-0.4, -0.2) is 21.2 Å². The van der Waals surface area contributed by atoms with Crippen molar-refractivity contribution in [2.45, 2.75) is 24.7 Å². The van der Waals surface area contributed by atoms with Crippen molar-refractivity contribution in [2.24, 2.45) is 0 Å². The fraction of sp³-hybridized carbons (Fsp3) is 0.400. The monoisotopic (exact) mass is 207 g/mol. The van der Waals surface area contributed by atoms with Crippen LogP contribution in [0.3, 0.4) is 0 Å². The molecular weight excluding hydrogens is 194 g/mol. The molecule has 0 saturated carbocycles. The Hall–Kier alpha value is -1.03. The van der Waals surface area contributed by atoms with E-state index in [0.29, 0.717) is 0 Å². The zero-order valence-corrected chi connectivity index (χ0v) is 8.97. The molecule has 0 bridgehead atoms. The maximum Gasteiger partial charge on any atom is 0.114 e. The highest BCUT2D eigenvalue weighted by Gasteiger charge is 1.99. The molecule has 0 amide bonds. The van der Waals surface area contributed by atoms with Crippen LogP contribution in [0.25, 0.3) is 11.0 Å². The molecule has 2 rings (SSSR count). The molecule has 0 fully saturated rings. The minimum absolute atomic E-state index is 0.935. The molecule has 0 saturated heterocycles. The third-order valence-corrected chi connectivity index (χ3v) is 3.13. The van der Waals surface area contributed by atoms with Crippen LogP contribution in [0.2, 0.25) is 0 Å². The maximum absolute atomic E-state index is 4.06. The van der Waals surface area contributed by atoms with Crippen molar-refractivity contribution in [1.82, 2.24) is 15.4 Å². The summed E-state index contributed by atoms with van der Waals surface area (Å²) in [6, 6.07) is 6.19. The van der Waals surface area contributed by atoms with E-state index in [0.717, 1.165) is 11.0 Å². The third kappa shape index (κ3) is 2.07. The third-order valence-electron chi connectivity index (χ3n) is 2.05. The average molecular weight is 207 g/mol. The summed E-state index contributed by atoms with van der Waals surface area (Å²) in [6.07, 6.45) is 2.51. The quantitative estimate of drug-likeness (QED) is 0.619. The second kappa shape index (κ2) is 4.46. The predicted octanol–water partition coefficient (Wildman–Crippen LogP) is 2.85. The van der Waals surface area contributed by atoms with Crippen LogP contribution in [0.1, 0.15) is 19.8 Å². The van der Waals surface area contributed by atoms with E-state index < -0.39 is 0 Å². The molecule has 0 aliphatic heterocycles. The van der Waals surface area contributed by atoms with Crippen molar-refractivity contribution in [2.75, 3.05) is 5.75 Å². The normalized spacial score (nSPS) is 10.9. The van der Waals surface area contributed by atoms with E-state index in [1.165, 1.54) is 23.5 Å². The van der Waals surface area contributed by atoms with Crippen molar-refractivity contribution >= 4 is 22.8 Å². The number of rotatable bonds is 4. The molecule has 0 aliphatic rings. The zero-order valence-electron chi connectivity index (χ0n) is 8.16. The van der Waals surface area contributed by atoms with Crippen molar-refractivity contribution in [3.05, 3.63) is 18.2 Å². The first kappa shape index (κ1) is 9.52. The molecule has 1 aromatic heterocycles. The Balaban J connectivity index is 2.10. The lowest BCUT2D eigenvalue weighted by molar-refractivity contribution is 0.896. The number of benzene rings is 1. The number of aromatic amines is 1. The van der Waals surface area contributed by atoms with Crippen LogP contribution < -0.4 is 0 Å². The molecular formula is C10H13N3S. The molecule has 14 heavy (non-hydrogen) atoms. The van der Waals surface area contributed by atoms with E-state index in [1.807, 2.05) is 17.8 Å². The van der Waals surface area contributed by atoms with Gasteiger partial charge in [0.05, 0.1) is 0 Å². The summed E-state index contributed by atoms with van der Waals surface area (Å²) < 4.78 is 0. The van der Waals surface area contributed by atoms with Gasteiger partial charge in [0, 0.05) is 4.90 Å². The first-order chi connectivity index (χ1) is 6.90. The molecule has 74 valence electrons. The Kier molecular flexibility index (Phi) is 3.03. The molecule has 3 nitrogen and oxygen atoms in total. The number of H-pyrrole nitrogens is 1. The Bertz CT molecular complexity index is 410. The van der Waals surface area contributed by atoms with Crippen LogP contribution in [0.4, 0.5) is 0 Å². The van der Waals surface area contributed by atoms with Crippen LogP contribution in [0.5, 0.6) is 0 Å². The van der Waals surface area contributed by atoms with Gasteiger partial charge in [-0.15, -0.1) is 11.8 Å². The zero-order chi connectivity index (χ0) is 9.80. The van der Waals surface area contributed by atoms with Gasteiger partial charge in [0.2, 0.25) is 0 Å². The van der Waals surface area contributed by atoms with E-state index in [2.05, 4.69) is 34.5 Å². The Morgan fingerprint density at radius 3 is 3.00 bits per heavy atom. The minimum Gasteiger partial charge on any atom is -0.197 e. The Morgan fingerprint density at radius 1 is 1.29 bits per heavy atom. The first-order valence-electron chi connectivity index (χ1n) is 4.83. The smallest absolute Gasteiger partial charge is 0.114 e. The fourth-order valence-corrected chi connectivity index (χ4v) is 2.27. The molecule has 0 radical (unpaired) electrons. The van der Waals surface area contributed by atoms with Gasteiger partial charge in [0.15, 0.2) is 0 Å². The summed E-state index contributed by atoms with van der Waals surface area (Å²) in [6.45, 7) is 2.21. The van der Waals surface area contributed by atoms with Gasteiger partial charge in [-0.2, -0.15) is 15.4 Å². The average Bonchev–Trinajstić information content (AvgIpc) is 2.65. The lowest BCUT2D eigenvalue weighted by Crippen LogP contribution is -1.78. The summed E-state index contributed by atoms with van der Waals surface area (Å²) in [5.74, 6) is 1.18. The highest BCUT2D eigenvalue weighted by molar-refractivity contribution is 7.99. The number of unbranched alkanes of at least 4 members (excludes halogenated alkanes) is 1. The lowest BCUT2D eigenvalue weighted by Gasteiger charge is -1.98. The van der Waals surface area contributed by atoms with Gasteiger partial charge < -0.3 is 0 Å². The lowest BCUT2D eigenvalue weighted by atomic mass is 10.3. The summed E-state index contributed by atoms with van der Waals surface area (Å²) in [5, 5.41) is 10.7. The maximum atomic E-state index is 4.06. The van der Waals surface area contributed by atoms with Crippen LogP contribution >= 0.6 is 11.8 Å². The molecule has 1 aromatic carbocycles. The number of fused-ring (bicyclic) bond motifs is 1. The van der Waals surface area contributed by atoms with Gasteiger partial charge >= 0.3 is 0 Å². The summed E-state index contributed by atoms with van der Waals surface area (Å²) in [4.78, 5) is 1.28. The molecule has 0 spiro atoms. The molecule has 4 heteroatoms. The van der Waals surface area contributed by atoms with Crippen molar-refractivity contribution in [3.63, 3.8) is 0 Å². The molecule has 0 unspecified atom stereocenters. The minimum atomic E-state index is 0.935. The molecule has 1 heterocycles. The van der Waals surface area contributed by atoms with E-state index >= 15 is 0 Å². The van der Waals surface area contributed by atoms with Crippen LogP contribution in [0.15, 0.2) is 23.1 Å². The van der Waals surface area contributed by atoms with Gasteiger partial charge in [-0.25, -0.2) is 0 Å². The topological polar surface area (TPSA) is 41.6 Å². The first-order valence-corrected chi connectivity index (χ1v) is 5.82. The van der Waals surface area contributed by atoms with Gasteiger partial charge in [-0.3, -0.25) is 0 Å². The second-order valence-corrected chi connectivity index (χ2v) is 4.34. The number of hydrogen-bond acceptors (Lipinski definition) is 3. The largest absolute Gasteiger partial charge is 0.197 e. The predicted molar refractivity (Wildman–Crippen MR) is 59.5 cm³/mol. The van der Waals surface area contributed by atoms with Gasteiger partial charge in [0.25, 0.3) is 0 Å². The Labute approximate surface area is 87.3 Å². The standard InChI is InChI=1S/C10H13N3S/c1-2-3-6-14-8-4-5-9-10(7-8)12-13-11-9/h4-5,7H,2-3,6H2,1H3,(H,11,12,13). The SMILES string of the molecule is CCCCSc1ccc2n[nH]nc2c1. The molecule has 0 atom stereocenters. The highest BCUT2D eigenvalue weighted by atomic mass is 32.2. The highest BCUT2D eigenvalue weighted by Crippen LogP contribution is 2.22. The van der Waals surface area contributed by atoms with E-state index in [-0.39, 0.29) is 0 Å². The van der Waals surface area contributed by atoms with E-state index in [1.54, 1.807) is 0 Å². The number of nitrogens with one attached hydrogen (secondary N) is 1. The van der Waals surface area contributed by atoms with Crippen molar-refractivity contribution in [3.8, 4) is 0 Å². The fourth-order valence-electron chi connectivity index (χ4n) is 1.24. The van der Waals surface area contributed by atoms with Gasteiger partial charge in [-0.1, -0.05) is 13.3 Å². The van der Waals surface area contributed by atoms with Crippen LogP contribution in [-0.2, 0) is 0 Å². The number of hydrogen-bond donors (Lipinski definition) is 1. The Morgan fingerprint density at radius 2 is 2.14 bits per heavy atom. The van der Waals surface area contributed by atoms with Crippen molar-refractivity contribution < 1.29 is 0 Å². The van der Waals surface area contributed by atoms with E-state index in [4.69, 9.17) is 0 Å². The summed E-state index contributed by atoms with van der Waals surface area (Å²) in [5.41, 5.74) is 1.89. The summed E-state index contributed by atoms with van der Waals surface area (Å²) >= 11 is 1.88. The molecule has 0 aliphatic carbocycles. The summed E-state index contributed by atoms with van der Waals surface area (Å²) in [7, 11) is 0. The second-order valence-electron chi connectivity index (χ2n) is 3.18.